The topological polar surface area (TPSA) is 187 Å². The van der Waals surface area contributed by atoms with Gasteiger partial charge in [-0.05, 0) is 52.0 Å². The van der Waals surface area contributed by atoms with Gasteiger partial charge in [0.1, 0.15) is 28.8 Å². The van der Waals surface area contributed by atoms with Gasteiger partial charge in [0.2, 0.25) is 6.29 Å². The molecule has 1 aliphatic rings. The Labute approximate surface area is 245 Å². The number of anilines is 1. The third-order valence-electron chi connectivity index (χ3n) is 7.35. The summed E-state index contributed by atoms with van der Waals surface area (Å²) in [5, 5.41) is 24.7. The van der Waals surface area contributed by atoms with Gasteiger partial charge < -0.3 is 48.4 Å². The summed E-state index contributed by atoms with van der Waals surface area (Å²) < 4.78 is 30.3. The first kappa shape index (κ1) is 29.8. The molecule has 4 aromatic rings. The van der Waals surface area contributed by atoms with Crippen molar-refractivity contribution in [3.05, 3.63) is 69.9 Å². The number of H-pyrrole nitrogens is 1. The Hall–Kier alpha value is -4.66. The molecule has 4 atom stereocenters. The Balaban J connectivity index is 1.43. The lowest BCUT2D eigenvalue weighted by Crippen LogP contribution is -2.65. The molecule has 0 radical (unpaired) electrons. The summed E-state index contributed by atoms with van der Waals surface area (Å²) in [6.45, 7) is 6.78. The molecule has 0 saturated carbocycles. The van der Waals surface area contributed by atoms with E-state index >= 15 is 0 Å². The second-order valence-corrected chi connectivity index (χ2v) is 10.8. The number of aromatic amines is 1. The molecule has 228 valence electrons. The molecule has 1 aliphatic heterocycles. The van der Waals surface area contributed by atoms with E-state index in [1.165, 1.54) is 36.3 Å². The number of aromatic hydroxyl groups is 1. The first-order chi connectivity index (χ1) is 20.3. The number of fused-ring (bicyclic) bond motifs is 1. The average molecular weight is 597 g/mol. The van der Waals surface area contributed by atoms with Crippen molar-refractivity contribution in [2.45, 2.75) is 57.9 Å². The SMILES string of the molecule is CO[C@@H]1[C@@H](OC(=O)c2ccc(C)[nH]2)[C@@H](O)[C@H](Oc2ccc3c(O)c(NC(=O)c4cncn4C)c(=O)oc3c2C)OC1(C)C. The number of benzene rings is 1. The molecule has 1 aromatic carbocycles. The zero-order chi connectivity index (χ0) is 31.2. The predicted octanol–water partition coefficient (Wildman–Crippen LogP) is 2.54. The van der Waals surface area contributed by atoms with Gasteiger partial charge in [0.25, 0.3) is 5.91 Å². The molecule has 1 saturated heterocycles. The molecule has 0 spiro atoms. The molecule has 0 bridgehead atoms. The fraction of sp³-hybridized carbons (Fsp3) is 0.379. The van der Waals surface area contributed by atoms with Crippen molar-refractivity contribution in [2.24, 2.45) is 7.05 Å². The highest BCUT2D eigenvalue weighted by molar-refractivity contribution is 6.05. The number of ether oxygens (including phenoxy) is 4. The number of aliphatic hydroxyl groups is 1. The van der Waals surface area contributed by atoms with Gasteiger partial charge >= 0.3 is 11.6 Å². The molecule has 4 N–H and O–H groups in total. The number of carbonyl (C=O) groups excluding carboxylic acids is 2. The molecular formula is C29H32N4O10. The van der Waals surface area contributed by atoms with E-state index in [2.05, 4.69) is 15.3 Å². The highest BCUT2D eigenvalue weighted by Gasteiger charge is 2.53. The second kappa shape index (κ2) is 11.2. The molecular weight excluding hydrogens is 564 g/mol. The van der Waals surface area contributed by atoms with Crippen LogP contribution in [0.2, 0.25) is 0 Å². The molecule has 14 heteroatoms. The molecule has 4 heterocycles. The minimum absolute atomic E-state index is 0.0112. The van der Waals surface area contributed by atoms with Crippen molar-refractivity contribution in [3.8, 4) is 11.5 Å². The van der Waals surface area contributed by atoms with Gasteiger partial charge in [0.05, 0.1) is 23.5 Å². The number of nitrogens with one attached hydrogen (secondary N) is 2. The normalized spacial score (nSPS) is 21.5. The van der Waals surface area contributed by atoms with Crippen LogP contribution in [-0.2, 0) is 21.3 Å². The molecule has 43 heavy (non-hydrogen) atoms. The Bertz CT molecular complexity index is 1750. The van der Waals surface area contributed by atoms with Crippen LogP contribution >= 0.6 is 0 Å². The van der Waals surface area contributed by atoms with E-state index in [-0.39, 0.29) is 28.1 Å². The van der Waals surface area contributed by atoms with E-state index in [1.54, 1.807) is 46.9 Å². The Morgan fingerprint density at radius 1 is 1.19 bits per heavy atom. The summed E-state index contributed by atoms with van der Waals surface area (Å²) in [5.74, 6) is -1.70. The van der Waals surface area contributed by atoms with E-state index < -0.39 is 59.1 Å². The number of rotatable bonds is 7. The van der Waals surface area contributed by atoms with Gasteiger partial charge in [-0.1, -0.05) is 0 Å². The molecule has 0 unspecified atom stereocenters. The van der Waals surface area contributed by atoms with Crippen molar-refractivity contribution in [1.29, 1.82) is 0 Å². The second-order valence-electron chi connectivity index (χ2n) is 10.8. The lowest BCUT2D eigenvalue weighted by atomic mass is 9.89. The van der Waals surface area contributed by atoms with Crippen LogP contribution in [0.25, 0.3) is 11.0 Å². The first-order valence-corrected chi connectivity index (χ1v) is 13.3. The fourth-order valence-corrected chi connectivity index (χ4v) is 5.10. The number of aromatic nitrogens is 3. The van der Waals surface area contributed by atoms with Gasteiger partial charge in [-0.15, -0.1) is 0 Å². The van der Waals surface area contributed by atoms with Gasteiger partial charge in [0.15, 0.2) is 23.6 Å². The van der Waals surface area contributed by atoms with Crippen molar-refractivity contribution in [3.63, 3.8) is 0 Å². The van der Waals surface area contributed by atoms with Crippen LogP contribution in [0.4, 0.5) is 5.69 Å². The van der Waals surface area contributed by atoms with Crippen molar-refractivity contribution in [2.75, 3.05) is 12.4 Å². The smallest absolute Gasteiger partial charge is 0.364 e. The van der Waals surface area contributed by atoms with Gasteiger partial charge in [0, 0.05) is 25.4 Å². The largest absolute Gasteiger partial charge is 0.505 e. The molecule has 0 aliphatic carbocycles. The number of methoxy groups -OCH3 is 1. The zero-order valence-electron chi connectivity index (χ0n) is 24.3. The minimum Gasteiger partial charge on any atom is -0.505 e. The molecule has 3 aromatic heterocycles. The molecule has 1 fully saturated rings. The van der Waals surface area contributed by atoms with Crippen LogP contribution in [-0.4, -0.2) is 73.9 Å². The highest BCUT2D eigenvalue weighted by Crippen LogP contribution is 2.38. The lowest BCUT2D eigenvalue weighted by Gasteiger charge is -2.47. The summed E-state index contributed by atoms with van der Waals surface area (Å²) in [5.41, 5.74) is -1.09. The Kier molecular flexibility index (Phi) is 7.77. The van der Waals surface area contributed by atoms with Crippen LogP contribution in [0.5, 0.6) is 11.5 Å². The number of aliphatic hydroxyl groups excluding tert-OH is 1. The maximum Gasteiger partial charge on any atom is 0.364 e. The highest BCUT2D eigenvalue weighted by atomic mass is 16.7. The number of amides is 1. The Morgan fingerprint density at radius 2 is 1.93 bits per heavy atom. The summed E-state index contributed by atoms with van der Waals surface area (Å²) >= 11 is 0. The third-order valence-corrected chi connectivity index (χ3v) is 7.35. The lowest BCUT2D eigenvalue weighted by molar-refractivity contribution is -0.305. The molecule has 1 amide bonds. The third kappa shape index (κ3) is 5.47. The van der Waals surface area contributed by atoms with Gasteiger partial charge in [-0.25, -0.2) is 14.6 Å². The van der Waals surface area contributed by atoms with E-state index in [0.29, 0.717) is 5.56 Å². The van der Waals surface area contributed by atoms with Crippen LogP contribution in [0, 0.1) is 13.8 Å². The number of hydrogen-bond acceptors (Lipinski definition) is 11. The van der Waals surface area contributed by atoms with E-state index in [0.717, 1.165) is 5.69 Å². The van der Waals surface area contributed by atoms with Crippen LogP contribution < -0.4 is 15.7 Å². The van der Waals surface area contributed by atoms with Crippen LogP contribution in [0.15, 0.2) is 46.0 Å². The van der Waals surface area contributed by atoms with Gasteiger partial charge in [-0.2, -0.15) is 0 Å². The van der Waals surface area contributed by atoms with E-state index in [9.17, 15) is 24.6 Å². The minimum atomic E-state index is -1.49. The number of hydrogen-bond donors (Lipinski definition) is 4. The monoisotopic (exact) mass is 596 g/mol. The van der Waals surface area contributed by atoms with Gasteiger partial charge in [-0.3, -0.25) is 4.79 Å². The maximum atomic E-state index is 12.9. The number of aryl methyl sites for hydroxylation is 3. The number of esters is 1. The van der Waals surface area contributed by atoms with Crippen LogP contribution in [0.1, 0.15) is 46.1 Å². The summed E-state index contributed by atoms with van der Waals surface area (Å²) in [6, 6.07) is 6.20. The Morgan fingerprint density at radius 3 is 2.56 bits per heavy atom. The number of imidazole rings is 1. The van der Waals surface area contributed by atoms with Crippen molar-refractivity contribution >= 4 is 28.5 Å². The van der Waals surface area contributed by atoms with E-state index in [4.69, 9.17) is 23.4 Å². The fourth-order valence-electron chi connectivity index (χ4n) is 5.10. The predicted molar refractivity (Wildman–Crippen MR) is 151 cm³/mol. The summed E-state index contributed by atoms with van der Waals surface area (Å²) in [4.78, 5) is 45.1. The quantitative estimate of drug-likeness (QED) is 0.181. The molecule has 5 rings (SSSR count). The van der Waals surface area contributed by atoms with Crippen LogP contribution in [0.3, 0.4) is 0 Å². The number of nitrogens with zero attached hydrogens (tertiary/aromatic N) is 2. The summed E-state index contributed by atoms with van der Waals surface area (Å²) in [7, 11) is 3.02. The van der Waals surface area contributed by atoms with E-state index in [1.807, 2.05) is 0 Å². The number of carbonyl (C=O) groups is 2. The standard InChI is InChI=1S/C29H32N4O10/c1-13-7-9-16(31-13)26(37)42-23-21(35)28(43-29(3,4)24(23)39-6)40-18-10-8-15-20(34)19(27(38)41-22(15)14(18)2)32-25(36)17-11-30-12-33(17)5/h7-12,21,23-24,28,31,34-35H,1-6H3,(H,32,36)/t21-,23+,24-,28-/m1/s1. The first-order valence-electron chi connectivity index (χ1n) is 13.3. The molecule has 14 nitrogen and oxygen atoms in total. The summed E-state index contributed by atoms with van der Waals surface area (Å²) in [6.07, 6.45) is -2.12. The van der Waals surface area contributed by atoms with Crippen molar-refractivity contribution in [1.82, 2.24) is 14.5 Å². The van der Waals surface area contributed by atoms with Crippen molar-refractivity contribution < 1.29 is 43.2 Å². The maximum absolute atomic E-state index is 12.9. The average Bonchev–Trinajstić information content (AvgIpc) is 3.58. The zero-order valence-corrected chi connectivity index (χ0v) is 24.3.